The minimum atomic E-state index is -3.27. The number of halogens is 1. The maximum absolute atomic E-state index is 11.6. The van der Waals surface area contributed by atoms with Gasteiger partial charge in [-0.2, -0.15) is 0 Å². The van der Waals surface area contributed by atoms with Crippen molar-refractivity contribution in [2.45, 2.75) is 31.7 Å². The van der Waals surface area contributed by atoms with Crippen molar-refractivity contribution in [3.63, 3.8) is 0 Å². The van der Waals surface area contributed by atoms with Crippen LogP contribution in [0.5, 0.6) is 0 Å². The fourth-order valence-electron chi connectivity index (χ4n) is 2.71. The number of benzene rings is 2. The number of aliphatic hydroxyl groups is 1. The molecule has 1 atom stereocenters. The van der Waals surface area contributed by atoms with E-state index in [1.54, 1.807) is 12.1 Å². The number of nitrogens with one attached hydrogen (secondary N) is 3. The van der Waals surface area contributed by atoms with E-state index < -0.39 is 16.1 Å². The van der Waals surface area contributed by atoms with Gasteiger partial charge in [-0.15, -0.1) is 24.0 Å². The Kier molecular flexibility index (Phi) is 11.9. The van der Waals surface area contributed by atoms with E-state index in [0.717, 1.165) is 23.2 Å². The Labute approximate surface area is 196 Å². The summed E-state index contributed by atoms with van der Waals surface area (Å²) in [5, 5.41) is 16.7. The molecule has 0 heterocycles. The van der Waals surface area contributed by atoms with Gasteiger partial charge < -0.3 is 15.7 Å². The molecule has 2 rings (SSSR count). The predicted molar refractivity (Wildman–Crippen MR) is 132 cm³/mol. The van der Waals surface area contributed by atoms with Gasteiger partial charge in [-0.3, -0.25) is 0 Å². The highest BCUT2D eigenvalue weighted by atomic mass is 127. The molecule has 0 fully saturated rings. The van der Waals surface area contributed by atoms with Crippen molar-refractivity contribution in [3.05, 3.63) is 71.3 Å². The maximum atomic E-state index is 11.6. The van der Waals surface area contributed by atoms with Gasteiger partial charge in [0, 0.05) is 13.1 Å². The molecule has 1 unspecified atom stereocenters. The number of sulfonamides is 1. The van der Waals surface area contributed by atoms with Crippen LogP contribution in [0, 0.1) is 0 Å². The van der Waals surface area contributed by atoms with Crippen molar-refractivity contribution in [2.75, 3.05) is 20.1 Å². The molecule has 0 aliphatic rings. The number of aliphatic imine (C=N–C) groups is 1. The van der Waals surface area contributed by atoms with Crippen LogP contribution in [0.2, 0.25) is 0 Å². The van der Waals surface area contributed by atoms with E-state index in [-0.39, 0.29) is 29.7 Å². The number of rotatable bonds is 10. The van der Waals surface area contributed by atoms with Gasteiger partial charge in [-0.05, 0) is 37.1 Å². The van der Waals surface area contributed by atoms with Crippen LogP contribution in [0.25, 0.3) is 0 Å². The second-order valence-corrected chi connectivity index (χ2v) is 8.54. The molecule has 0 bridgehead atoms. The van der Waals surface area contributed by atoms with Gasteiger partial charge in [0.05, 0.1) is 18.4 Å². The van der Waals surface area contributed by atoms with E-state index >= 15 is 0 Å². The molecule has 30 heavy (non-hydrogen) atoms. The minimum absolute atomic E-state index is 0. The average molecular weight is 546 g/mol. The first-order valence-corrected chi connectivity index (χ1v) is 11.3. The summed E-state index contributed by atoms with van der Waals surface area (Å²) in [5.41, 5.74) is 2.61. The molecular weight excluding hydrogens is 515 g/mol. The third-order valence-corrected chi connectivity index (χ3v) is 5.68. The molecule has 0 saturated heterocycles. The van der Waals surface area contributed by atoms with Crippen molar-refractivity contribution in [2.24, 2.45) is 4.99 Å². The lowest BCUT2D eigenvalue weighted by molar-refractivity contribution is 0.168. The first kappa shape index (κ1) is 26.3. The molecule has 0 aromatic heterocycles. The molecule has 9 heteroatoms. The molecule has 0 saturated carbocycles. The molecule has 0 radical (unpaired) electrons. The molecule has 2 aromatic carbocycles. The summed E-state index contributed by atoms with van der Waals surface area (Å²) in [4.78, 5) is 4.56. The predicted octanol–water partition coefficient (Wildman–Crippen LogP) is 2.53. The SMILES string of the molecule is CCNC(=NCc1ccc(CS(=O)(=O)NC)cc1)NCCC(O)c1ccccc1.I. The van der Waals surface area contributed by atoms with E-state index in [2.05, 4.69) is 20.3 Å². The van der Waals surface area contributed by atoms with Gasteiger partial charge in [0.2, 0.25) is 10.0 Å². The zero-order valence-electron chi connectivity index (χ0n) is 17.3. The zero-order chi connectivity index (χ0) is 21.1. The first-order chi connectivity index (χ1) is 13.9. The molecule has 2 aromatic rings. The summed E-state index contributed by atoms with van der Waals surface area (Å²) in [6.45, 7) is 3.78. The van der Waals surface area contributed by atoms with Crippen LogP contribution < -0.4 is 15.4 Å². The van der Waals surface area contributed by atoms with Crippen LogP contribution in [0.4, 0.5) is 0 Å². The normalized spacial score (nSPS) is 12.7. The fraction of sp³-hybridized carbons (Fsp3) is 0.381. The number of nitrogens with zero attached hydrogens (tertiary/aromatic N) is 1. The minimum Gasteiger partial charge on any atom is -0.388 e. The summed E-state index contributed by atoms with van der Waals surface area (Å²) in [6, 6.07) is 16.9. The standard InChI is InChI=1S/C21H30N4O3S.HI/c1-3-23-21(24-14-13-20(26)19-7-5-4-6-8-19)25-15-17-9-11-18(12-10-17)16-29(27,28)22-2;/h4-12,20,22,26H,3,13-16H2,1-2H3,(H2,23,24,25);1H. The quantitative estimate of drug-likeness (QED) is 0.209. The van der Waals surface area contributed by atoms with Crippen LogP contribution in [-0.2, 0) is 22.3 Å². The number of guanidine groups is 1. The summed E-state index contributed by atoms with van der Waals surface area (Å²) in [7, 11) is -1.86. The number of hydrogen-bond acceptors (Lipinski definition) is 4. The summed E-state index contributed by atoms with van der Waals surface area (Å²) in [5.74, 6) is 0.635. The summed E-state index contributed by atoms with van der Waals surface area (Å²) < 4.78 is 25.5. The Hall–Kier alpha value is -1.69. The highest BCUT2D eigenvalue weighted by Crippen LogP contribution is 2.14. The van der Waals surface area contributed by atoms with Crippen LogP contribution in [0.1, 0.15) is 36.1 Å². The lowest BCUT2D eigenvalue weighted by Gasteiger charge is -2.14. The fourth-order valence-corrected chi connectivity index (χ4v) is 3.49. The molecule has 4 N–H and O–H groups in total. The third kappa shape index (κ3) is 9.41. The van der Waals surface area contributed by atoms with Crippen molar-refractivity contribution >= 4 is 40.0 Å². The van der Waals surface area contributed by atoms with E-state index in [1.807, 2.05) is 49.4 Å². The van der Waals surface area contributed by atoms with Gasteiger partial charge in [0.15, 0.2) is 5.96 Å². The number of aliphatic hydroxyl groups excluding tert-OH is 1. The summed E-state index contributed by atoms with van der Waals surface area (Å²) in [6.07, 6.45) is 0.0521. The molecule has 7 nitrogen and oxygen atoms in total. The average Bonchev–Trinajstić information content (AvgIpc) is 2.73. The van der Waals surface area contributed by atoms with E-state index in [1.165, 1.54) is 7.05 Å². The Bertz CT molecular complexity index is 875. The smallest absolute Gasteiger partial charge is 0.215 e. The second-order valence-electron chi connectivity index (χ2n) is 6.62. The molecule has 0 aliphatic heterocycles. The topological polar surface area (TPSA) is 103 Å². The first-order valence-electron chi connectivity index (χ1n) is 9.67. The summed E-state index contributed by atoms with van der Waals surface area (Å²) >= 11 is 0. The molecule has 0 amide bonds. The van der Waals surface area contributed by atoms with Gasteiger partial charge in [0.1, 0.15) is 0 Å². The van der Waals surface area contributed by atoms with Gasteiger partial charge in [-0.25, -0.2) is 18.1 Å². The molecule has 0 spiro atoms. The third-order valence-electron chi connectivity index (χ3n) is 4.35. The highest BCUT2D eigenvalue weighted by molar-refractivity contribution is 14.0. The van der Waals surface area contributed by atoms with Crippen LogP contribution in [0.3, 0.4) is 0 Å². The molecule has 166 valence electrons. The zero-order valence-corrected chi connectivity index (χ0v) is 20.5. The molecular formula is C21H31IN4O3S. The Morgan fingerprint density at radius 1 is 1.03 bits per heavy atom. The second kappa shape index (κ2) is 13.6. The van der Waals surface area contributed by atoms with E-state index in [9.17, 15) is 13.5 Å². The largest absolute Gasteiger partial charge is 0.388 e. The Morgan fingerprint density at radius 2 is 1.67 bits per heavy atom. The van der Waals surface area contributed by atoms with Gasteiger partial charge in [0.25, 0.3) is 0 Å². The maximum Gasteiger partial charge on any atom is 0.215 e. The van der Waals surface area contributed by atoms with Crippen molar-refractivity contribution in [1.29, 1.82) is 0 Å². The number of hydrogen-bond donors (Lipinski definition) is 4. The van der Waals surface area contributed by atoms with Gasteiger partial charge >= 0.3 is 0 Å². The van der Waals surface area contributed by atoms with Crippen molar-refractivity contribution < 1.29 is 13.5 Å². The van der Waals surface area contributed by atoms with Gasteiger partial charge in [-0.1, -0.05) is 54.6 Å². The van der Waals surface area contributed by atoms with E-state index in [0.29, 0.717) is 25.5 Å². The monoisotopic (exact) mass is 546 g/mol. The van der Waals surface area contributed by atoms with Crippen molar-refractivity contribution in [1.82, 2.24) is 15.4 Å². The van der Waals surface area contributed by atoms with Crippen molar-refractivity contribution in [3.8, 4) is 0 Å². The molecule has 0 aliphatic carbocycles. The van der Waals surface area contributed by atoms with Crippen LogP contribution in [-0.4, -0.2) is 39.6 Å². The Balaban J connectivity index is 0.00000450. The lowest BCUT2D eigenvalue weighted by atomic mass is 10.1. The van der Waals surface area contributed by atoms with E-state index in [4.69, 9.17) is 0 Å². The lowest BCUT2D eigenvalue weighted by Crippen LogP contribution is -2.38. The highest BCUT2D eigenvalue weighted by Gasteiger charge is 2.09. The van der Waals surface area contributed by atoms with Crippen LogP contribution in [0.15, 0.2) is 59.6 Å². The van der Waals surface area contributed by atoms with Crippen LogP contribution >= 0.6 is 24.0 Å². The Morgan fingerprint density at radius 3 is 2.27 bits per heavy atom.